The fourth-order valence-electron chi connectivity index (χ4n) is 12.0. The molecule has 4 fully saturated rings. The Balaban J connectivity index is 0.844. The Kier molecular flexibility index (Phi) is 24.0. The number of ether oxygens (including phenoxy) is 2. The van der Waals surface area contributed by atoms with Gasteiger partial charge < -0.3 is 67.1 Å². The number of aliphatic hydroxyl groups is 2. The molecule has 4 saturated heterocycles. The van der Waals surface area contributed by atoms with E-state index < -0.39 is 59.9 Å². The van der Waals surface area contributed by atoms with Crippen LogP contribution in [0.4, 0.5) is 0 Å². The molecule has 0 unspecified atom stereocenters. The molecule has 12 atom stereocenters. The van der Waals surface area contributed by atoms with E-state index >= 15 is 0 Å². The van der Waals surface area contributed by atoms with E-state index in [9.17, 15) is 43.8 Å². The molecule has 442 valence electrons. The fourth-order valence-corrected chi connectivity index (χ4v) is 12.0. The van der Waals surface area contributed by atoms with Gasteiger partial charge in [-0.2, -0.15) is 0 Å². The lowest BCUT2D eigenvalue weighted by atomic mass is 9.93. The van der Waals surface area contributed by atoms with E-state index in [1.54, 1.807) is 43.3 Å². The minimum absolute atomic E-state index is 0.0647. The molecule has 21 heteroatoms. The molecule has 0 radical (unpaired) electrons. The third-order valence-corrected chi connectivity index (χ3v) is 16.7. The molecule has 0 aromatic heterocycles. The second-order valence-corrected chi connectivity index (χ2v) is 21.8. The van der Waals surface area contributed by atoms with Crippen LogP contribution in [-0.2, 0) is 56.2 Å². The minimum Gasteiger partial charge on any atom is -0.396 e. The van der Waals surface area contributed by atoms with E-state index in [4.69, 9.17) is 9.47 Å². The lowest BCUT2D eigenvalue weighted by Gasteiger charge is -2.33. The normalized spacial score (nSPS) is 24.2. The summed E-state index contributed by atoms with van der Waals surface area (Å²) in [4.78, 5) is 100.0. The van der Waals surface area contributed by atoms with Gasteiger partial charge in [0.2, 0.25) is 41.4 Å². The zero-order valence-electron chi connectivity index (χ0n) is 47.4. The van der Waals surface area contributed by atoms with Crippen LogP contribution in [0.15, 0.2) is 84.9 Å². The van der Waals surface area contributed by atoms with Gasteiger partial charge >= 0.3 is 0 Å². The topological polar surface area (TPSA) is 281 Å². The monoisotopic (exact) mass is 1120 g/mol. The van der Waals surface area contributed by atoms with Crippen molar-refractivity contribution in [1.82, 2.24) is 52.3 Å². The molecule has 4 aliphatic heterocycles. The highest BCUT2D eigenvalue weighted by molar-refractivity contribution is 5.96. The van der Waals surface area contributed by atoms with Crippen LogP contribution in [0.1, 0.15) is 112 Å². The molecule has 4 heterocycles. The number of carbonyl (C=O) groups excluding carboxylic acids is 7. The molecule has 7 amide bonds. The van der Waals surface area contributed by atoms with Crippen LogP contribution >= 0.6 is 0 Å². The third-order valence-electron chi connectivity index (χ3n) is 16.7. The molecule has 10 N–H and O–H groups in total. The van der Waals surface area contributed by atoms with E-state index in [1.807, 2.05) is 74.5 Å². The lowest BCUT2D eigenvalue weighted by Crippen LogP contribution is -2.59. The number of hydrogen-bond acceptors (Lipinski definition) is 14. The van der Waals surface area contributed by atoms with E-state index in [2.05, 4.69) is 47.4 Å². The van der Waals surface area contributed by atoms with Gasteiger partial charge in [0.05, 0.1) is 44.6 Å². The summed E-state index contributed by atoms with van der Waals surface area (Å²) in [5.41, 5.74) is 3.02. The van der Waals surface area contributed by atoms with Crippen molar-refractivity contribution in [3.8, 4) is 0 Å². The van der Waals surface area contributed by atoms with Gasteiger partial charge in [-0.15, -0.1) is 0 Å². The molecule has 4 aliphatic rings. The number of likely N-dealkylation sites (N-methyl/N-ethyl adjacent to an activating group) is 2. The van der Waals surface area contributed by atoms with Crippen molar-refractivity contribution >= 4 is 41.4 Å². The zero-order valence-corrected chi connectivity index (χ0v) is 47.4. The molecule has 0 aliphatic carbocycles. The van der Waals surface area contributed by atoms with Crippen LogP contribution < -0.4 is 42.5 Å². The maximum Gasteiger partial charge on any atom is 0.247 e. The number of nitrogens with one attached hydrogen (secondary N) is 8. The summed E-state index contributed by atoms with van der Waals surface area (Å²) in [5, 5.41) is 44.4. The highest BCUT2D eigenvalue weighted by Crippen LogP contribution is 2.36. The second-order valence-electron chi connectivity index (χ2n) is 21.8. The summed E-state index contributed by atoms with van der Waals surface area (Å²) in [6.07, 6.45) is 6.11. The molecule has 7 rings (SSSR count). The first-order chi connectivity index (χ1) is 39.3. The number of nitrogens with zero attached hydrogens (tertiary/aromatic N) is 2. The molecule has 0 spiro atoms. The Bertz CT molecular complexity index is 2520. The van der Waals surface area contributed by atoms with Gasteiger partial charge in [-0.1, -0.05) is 98.8 Å². The van der Waals surface area contributed by atoms with E-state index in [1.165, 1.54) is 0 Å². The van der Waals surface area contributed by atoms with Gasteiger partial charge in [-0.3, -0.25) is 38.5 Å². The van der Waals surface area contributed by atoms with Gasteiger partial charge in [-0.05, 0) is 101 Å². The maximum atomic E-state index is 14.2. The Labute approximate surface area is 476 Å². The molecule has 0 bridgehead atoms. The minimum atomic E-state index is -1.06. The molecular formula is C60H86N10O11. The van der Waals surface area contributed by atoms with Crippen LogP contribution in [0.3, 0.4) is 0 Å². The summed E-state index contributed by atoms with van der Waals surface area (Å²) in [5.74, 6) is -3.07. The summed E-state index contributed by atoms with van der Waals surface area (Å²) < 4.78 is 11.8. The first-order valence-corrected chi connectivity index (χ1v) is 29.1. The SMILES string of the molecule is CC[C@H](NC)C(=O)N[C@@H]1C(=O)N2[C@@H](CC[C@@H]1CO)CC[C@H]2C(=O)N[C@H](C(=O)NCCOCc1ccc(COCCNC(=O)[C@@H](NC(=O)[C@@H]2CC[C@@H]3CC[C@H](CO)[C@H](NC(=O)[C@H](CC)NC)CN32)c2ccccc2)cc1)c1ccccc1. The fraction of sp³-hybridized carbons (Fsp3) is 0.583. The molecule has 3 aromatic rings. The predicted octanol–water partition coefficient (Wildman–Crippen LogP) is 1.63. The van der Waals surface area contributed by atoms with Crippen LogP contribution in [0.5, 0.6) is 0 Å². The Morgan fingerprint density at radius 3 is 1.53 bits per heavy atom. The predicted molar refractivity (Wildman–Crippen MR) is 303 cm³/mol. The van der Waals surface area contributed by atoms with Crippen LogP contribution in [-0.4, -0.2) is 170 Å². The summed E-state index contributed by atoms with van der Waals surface area (Å²) in [6.45, 7) is 5.21. The van der Waals surface area contributed by atoms with Crippen LogP contribution in [0.2, 0.25) is 0 Å². The molecular weight excluding hydrogens is 1040 g/mol. The van der Waals surface area contributed by atoms with Crippen molar-refractivity contribution in [2.75, 3.05) is 60.2 Å². The summed E-state index contributed by atoms with van der Waals surface area (Å²) >= 11 is 0. The smallest absolute Gasteiger partial charge is 0.247 e. The first-order valence-electron chi connectivity index (χ1n) is 29.1. The average Bonchev–Trinajstić information content (AvgIpc) is 4.17. The Morgan fingerprint density at radius 1 is 0.568 bits per heavy atom. The van der Waals surface area contributed by atoms with Gasteiger partial charge in [0.1, 0.15) is 24.2 Å². The van der Waals surface area contributed by atoms with Crippen molar-refractivity contribution in [2.45, 2.75) is 152 Å². The number of fused-ring (bicyclic) bond motifs is 2. The van der Waals surface area contributed by atoms with Crippen molar-refractivity contribution < 1.29 is 53.2 Å². The number of rotatable bonds is 28. The summed E-state index contributed by atoms with van der Waals surface area (Å²) in [7, 11) is 3.42. The lowest BCUT2D eigenvalue weighted by molar-refractivity contribution is -0.144. The van der Waals surface area contributed by atoms with Gasteiger partial charge in [-0.25, -0.2) is 0 Å². The Morgan fingerprint density at radius 2 is 1.02 bits per heavy atom. The van der Waals surface area contributed by atoms with Crippen LogP contribution in [0, 0.1) is 11.8 Å². The largest absolute Gasteiger partial charge is 0.396 e. The highest BCUT2D eigenvalue weighted by Gasteiger charge is 2.49. The third kappa shape index (κ3) is 16.5. The number of amides is 7. The molecule has 21 nitrogen and oxygen atoms in total. The highest BCUT2D eigenvalue weighted by atomic mass is 16.5. The van der Waals surface area contributed by atoms with Crippen molar-refractivity contribution in [3.05, 3.63) is 107 Å². The molecule has 0 saturated carbocycles. The average molecular weight is 1120 g/mol. The Hall–Kier alpha value is -6.33. The van der Waals surface area contributed by atoms with E-state index in [0.717, 1.165) is 30.4 Å². The van der Waals surface area contributed by atoms with E-state index in [0.29, 0.717) is 69.2 Å². The number of hydrogen-bond donors (Lipinski definition) is 10. The maximum absolute atomic E-state index is 14.2. The number of aliphatic hydroxyl groups excluding tert-OH is 2. The summed E-state index contributed by atoms with van der Waals surface area (Å²) in [6, 6.07) is 20.0. The van der Waals surface area contributed by atoms with Crippen molar-refractivity contribution in [3.63, 3.8) is 0 Å². The van der Waals surface area contributed by atoms with E-state index in [-0.39, 0.29) is 99.8 Å². The molecule has 3 aromatic carbocycles. The van der Waals surface area contributed by atoms with Gasteiger partial charge in [0.15, 0.2) is 0 Å². The van der Waals surface area contributed by atoms with Gasteiger partial charge in [0.25, 0.3) is 0 Å². The number of carbonyl (C=O) groups is 7. The zero-order chi connectivity index (χ0) is 57.8. The van der Waals surface area contributed by atoms with Crippen molar-refractivity contribution in [1.29, 1.82) is 0 Å². The second kappa shape index (κ2) is 31.2. The first kappa shape index (κ1) is 62.3. The number of benzene rings is 3. The van der Waals surface area contributed by atoms with Crippen molar-refractivity contribution in [2.24, 2.45) is 11.8 Å². The molecule has 81 heavy (non-hydrogen) atoms. The quantitative estimate of drug-likeness (QED) is 0.0463. The van der Waals surface area contributed by atoms with Crippen LogP contribution in [0.25, 0.3) is 0 Å². The standard InChI is InChI=1S/C60H86N10O11/c1-5-46(61-3)54(73)65-48-33-69-44(23-21-42(48)34-71)25-27-49(69)56(75)66-51(40-13-9-7-10-14-40)58(77)63-29-31-80-36-38-17-19-39(20-18-38)37-81-32-30-64-59(78)52(41-15-11-8-12-16-41)67-57(76)50-28-26-45-24-22-43(35-72)53(60(79)70(45)50)68-55(74)47(6-2)62-4/h7-20,42-53,61-62,71-72H,5-6,21-37H2,1-4H3,(H,63,77)(H,64,78)(H,65,73)(H,66,75)(H,67,76)(H,68,74)/t42-,43-,44+,45+,46+,47+,48-,49+,50+,51+,52+,53+/m1/s1. The van der Waals surface area contributed by atoms with Gasteiger partial charge in [0, 0.05) is 62.8 Å².